The van der Waals surface area contributed by atoms with Crippen LogP contribution in [0.1, 0.15) is 11.3 Å². The van der Waals surface area contributed by atoms with Crippen molar-refractivity contribution >= 4 is 11.5 Å². The first kappa shape index (κ1) is 17.0. The molecule has 26 heavy (non-hydrogen) atoms. The molecule has 1 saturated heterocycles. The van der Waals surface area contributed by atoms with E-state index in [0.29, 0.717) is 0 Å². The molecule has 0 aliphatic carbocycles. The molecule has 3 heterocycles. The summed E-state index contributed by atoms with van der Waals surface area (Å²) >= 11 is 0. The van der Waals surface area contributed by atoms with Crippen molar-refractivity contribution < 1.29 is 4.74 Å². The summed E-state index contributed by atoms with van der Waals surface area (Å²) in [5.74, 6) is 0.985. The number of rotatable bonds is 5. The topological polar surface area (TPSA) is 54.7 Å². The molecule has 0 bridgehead atoms. The molecule has 4 rings (SSSR count). The van der Waals surface area contributed by atoms with Crippen LogP contribution in [0, 0.1) is 13.8 Å². The lowest BCUT2D eigenvalue weighted by Crippen LogP contribution is -2.39. The van der Waals surface area contributed by atoms with Crippen LogP contribution in [0.2, 0.25) is 0 Å². The Morgan fingerprint density at radius 2 is 1.88 bits per heavy atom. The average Bonchev–Trinajstić information content (AvgIpc) is 3.07. The fraction of sp³-hybridized carbons (Fsp3) is 0.400. The van der Waals surface area contributed by atoms with E-state index in [2.05, 4.69) is 52.6 Å². The lowest BCUT2D eigenvalue weighted by atomic mass is 10.1. The highest BCUT2D eigenvalue weighted by atomic mass is 16.5. The maximum atomic E-state index is 5.41. The van der Waals surface area contributed by atoms with E-state index in [4.69, 9.17) is 9.72 Å². The average molecular weight is 351 g/mol. The highest BCUT2D eigenvalue weighted by Crippen LogP contribution is 2.26. The van der Waals surface area contributed by atoms with Gasteiger partial charge in [0.2, 0.25) is 0 Å². The van der Waals surface area contributed by atoms with Gasteiger partial charge in [-0.2, -0.15) is 9.61 Å². The van der Waals surface area contributed by atoms with Crippen LogP contribution < -0.4 is 5.32 Å². The van der Waals surface area contributed by atoms with Crippen molar-refractivity contribution in [3.8, 4) is 11.1 Å². The summed E-state index contributed by atoms with van der Waals surface area (Å²) in [6.45, 7) is 9.67. The number of nitrogens with zero attached hydrogens (tertiary/aromatic N) is 4. The molecule has 0 radical (unpaired) electrons. The summed E-state index contributed by atoms with van der Waals surface area (Å²) in [6, 6.07) is 10.5. The number of morpholine rings is 1. The number of ether oxygens (including phenoxy) is 1. The maximum Gasteiger partial charge on any atom is 0.165 e. The maximum absolute atomic E-state index is 5.41. The second-order valence-corrected chi connectivity index (χ2v) is 6.82. The van der Waals surface area contributed by atoms with E-state index in [0.717, 1.165) is 67.7 Å². The summed E-state index contributed by atoms with van der Waals surface area (Å²) in [4.78, 5) is 7.15. The van der Waals surface area contributed by atoms with E-state index in [1.165, 1.54) is 5.56 Å². The van der Waals surface area contributed by atoms with E-state index < -0.39 is 0 Å². The Bertz CT molecular complexity index is 881. The molecule has 2 aromatic heterocycles. The zero-order valence-corrected chi connectivity index (χ0v) is 15.4. The number of benzene rings is 1. The van der Waals surface area contributed by atoms with Gasteiger partial charge in [0.15, 0.2) is 5.65 Å². The number of hydrogen-bond acceptors (Lipinski definition) is 5. The normalized spacial score (nSPS) is 15.5. The molecule has 1 N–H and O–H groups in total. The van der Waals surface area contributed by atoms with Gasteiger partial charge >= 0.3 is 0 Å². The van der Waals surface area contributed by atoms with Gasteiger partial charge in [0, 0.05) is 43.5 Å². The highest BCUT2D eigenvalue weighted by Gasteiger charge is 2.13. The standard InChI is InChI=1S/C20H25N5O/c1-15-3-5-17(6-4-15)18-14-22-25-19(13-16(2)23-20(18)25)21-7-8-24-9-11-26-12-10-24/h3-6,13-14,21H,7-12H2,1-2H3. The Balaban J connectivity index is 1.56. The Kier molecular flexibility index (Phi) is 4.86. The first-order valence-electron chi connectivity index (χ1n) is 9.17. The third kappa shape index (κ3) is 3.57. The molecule has 1 aromatic carbocycles. The molecule has 0 unspecified atom stereocenters. The van der Waals surface area contributed by atoms with Gasteiger partial charge in [-0.25, -0.2) is 4.98 Å². The van der Waals surface area contributed by atoms with Gasteiger partial charge in [0.1, 0.15) is 5.82 Å². The van der Waals surface area contributed by atoms with Gasteiger partial charge < -0.3 is 10.1 Å². The van der Waals surface area contributed by atoms with Crippen molar-refractivity contribution in [1.29, 1.82) is 0 Å². The molecule has 136 valence electrons. The Labute approximate surface area is 153 Å². The van der Waals surface area contributed by atoms with E-state index in [9.17, 15) is 0 Å². The molecular formula is C20H25N5O. The Morgan fingerprint density at radius 3 is 2.65 bits per heavy atom. The lowest BCUT2D eigenvalue weighted by molar-refractivity contribution is 0.0398. The third-order valence-corrected chi connectivity index (χ3v) is 4.80. The molecule has 0 spiro atoms. The van der Waals surface area contributed by atoms with Gasteiger partial charge in [-0.1, -0.05) is 29.8 Å². The van der Waals surface area contributed by atoms with Crippen molar-refractivity contribution in [3.63, 3.8) is 0 Å². The summed E-state index contributed by atoms with van der Waals surface area (Å²) in [7, 11) is 0. The minimum atomic E-state index is 0.831. The van der Waals surface area contributed by atoms with Gasteiger partial charge in [-0.3, -0.25) is 4.90 Å². The molecule has 6 nitrogen and oxygen atoms in total. The summed E-state index contributed by atoms with van der Waals surface area (Å²) in [5, 5.41) is 8.11. The second-order valence-electron chi connectivity index (χ2n) is 6.82. The van der Waals surface area contributed by atoms with Crippen molar-refractivity contribution in [2.24, 2.45) is 0 Å². The fourth-order valence-corrected chi connectivity index (χ4v) is 3.31. The fourth-order valence-electron chi connectivity index (χ4n) is 3.31. The molecule has 1 aliphatic heterocycles. The third-order valence-electron chi connectivity index (χ3n) is 4.80. The molecule has 1 aliphatic rings. The molecule has 0 saturated carbocycles. The van der Waals surface area contributed by atoms with Crippen LogP contribution in [-0.2, 0) is 4.74 Å². The predicted molar refractivity (Wildman–Crippen MR) is 104 cm³/mol. The summed E-state index contributed by atoms with van der Waals surface area (Å²) in [5.41, 5.74) is 5.33. The van der Waals surface area contributed by atoms with Crippen LogP contribution in [0.3, 0.4) is 0 Å². The molecule has 3 aromatic rings. The molecular weight excluding hydrogens is 326 g/mol. The van der Waals surface area contributed by atoms with E-state index in [1.807, 2.05) is 17.6 Å². The number of aromatic nitrogens is 3. The predicted octanol–water partition coefficient (Wildman–Crippen LogP) is 2.76. The van der Waals surface area contributed by atoms with Gasteiger partial charge in [-0.15, -0.1) is 0 Å². The minimum absolute atomic E-state index is 0.831. The van der Waals surface area contributed by atoms with Crippen molar-refractivity contribution in [1.82, 2.24) is 19.5 Å². The number of anilines is 1. The first-order valence-corrected chi connectivity index (χ1v) is 9.17. The van der Waals surface area contributed by atoms with Crippen LogP contribution >= 0.6 is 0 Å². The quantitative estimate of drug-likeness (QED) is 0.766. The van der Waals surface area contributed by atoms with E-state index in [1.54, 1.807) is 0 Å². The second kappa shape index (κ2) is 7.43. The monoisotopic (exact) mass is 351 g/mol. The van der Waals surface area contributed by atoms with Gasteiger partial charge in [0.05, 0.1) is 19.4 Å². The van der Waals surface area contributed by atoms with Crippen LogP contribution in [0.4, 0.5) is 5.82 Å². The molecule has 0 atom stereocenters. The Morgan fingerprint density at radius 1 is 1.12 bits per heavy atom. The van der Waals surface area contributed by atoms with Crippen molar-refractivity contribution in [2.45, 2.75) is 13.8 Å². The number of nitrogens with one attached hydrogen (secondary N) is 1. The van der Waals surface area contributed by atoms with Crippen molar-refractivity contribution in [3.05, 3.63) is 47.8 Å². The number of fused-ring (bicyclic) bond motifs is 1. The Hall–Kier alpha value is -2.44. The van der Waals surface area contributed by atoms with Gasteiger partial charge in [-0.05, 0) is 19.4 Å². The zero-order valence-electron chi connectivity index (χ0n) is 15.4. The lowest BCUT2D eigenvalue weighted by Gasteiger charge is -2.26. The summed E-state index contributed by atoms with van der Waals surface area (Å²) in [6.07, 6.45) is 1.90. The number of aryl methyl sites for hydroxylation is 2. The van der Waals surface area contributed by atoms with Crippen LogP contribution in [-0.4, -0.2) is 58.9 Å². The highest BCUT2D eigenvalue weighted by molar-refractivity contribution is 5.78. The smallest absolute Gasteiger partial charge is 0.165 e. The van der Waals surface area contributed by atoms with Crippen LogP contribution in [0.5, 0.6) is 0 Å². The first-order chi connectivity index (χ1) is 12.7. The van der Waals surface area contributed by atoms with Crippen LogP contribution in [0.15, 0.2) is 36.5 Å². The zero-order chi connectivity index (χ0) is 17.9. The van der Waals surface area contributed by atoms with Crippen LogP contribution in [0.25, 0.3) is 16.8 Å². The van der Waals surface area contributed by atoms with Gasteiger partial charge in [0.25, 0.3) is 0 Å². The largest absolute Gasteiger partial charge is 0.379 e. The van der Waals surface area contributed by atoms with E-state index in [-0.39, 0.29) is 0 Å². The van der Waals surface area contributed by atoms with Crippen molar-refractivity contribution in [2.75, 3.05) is 44.7 Å². The molecule has 0 amide bonds. The SMILES string of the molecule is Cc1ccc(-c2cnn3c(NCCN4CCOCC4)cc(C)nc23)cc1. The van der Waals surface area contributed by atoms with E-state index >= 15 is 0 Å². The molecule has 1 fully saturated rings. The number of hydrogen-bond donors (Lipinski definition) is 1. The molecule has 6 heteroatoms. The minimum Gasteiger partial charge on any atom is -0.379 e. The summed E-state index contributed by atoms with van der Waals surface area (Å²) < 4.78 is 7.31.